The third-order valence-electron chi connectivity index (χ3n) is 4.68. The van der Waals surface area contributed by atoms with Crippen LogP contribution in [0.25, 0.3) is 0 Å². The van der Waals surface area contributed by atoms with E-state index in [-0.39, 0.29) is 6.04 Å². The maximum Gasteiger partial charge on any atom is 0.134 e. The van der Waals surface area contributed by atoms with Crippen LogP contribution in [0, 0.1) is 17.2 Å². The zero-order valence-corrected chi connectivity index (χ0v) is 13.6. The summed E-state index contributed by atoms with van der Waals surface area (Å²) in [5.74, 6) is 0.888. The summed E-state index contributed by atoms with van der Waals surface area (Å²) in [5.41, 5.74) is 1.52. The van der Waals surface area contributed by atoms with Crippen LogP contribution in [0.3, 0.4) is 0 Å². The monoisotopic (exact) mass is 349 g/mol. The molecular weight excluding hydrogens is 330 g/mol. The SMILES string of the molecule is N#Cc1cc(Br)c(O)c([C@@H](C2CCC2)N2CCNCC2)c1. The lowest BCUT2D eigenvalue weighted by atomic mass is 9.76. The lowest BCUT2D eigenvalue weighted by Crippen LogP contribution is -2.47. The zero-order chi connectivity index (χ0) is 14.8. The van der Waals surface area contributed by atoms with E-state index in [9.17, 15) is 10.4 Å². The van der Waals surface area contributed by atoms with Gasteiger partial charge in [-0.3, -0.25) is 4.90 Å². The van der Waals surface area contributed by atoms with Crippen LogP contribution in [-0.2, 0) is 0 Å². The minimum atomic E-state index is 0.227. The maximum atomic E-state index is 10.5. The van der Waals surface area contributed by atoms with Gasteiger partial charge < -0.3 is 10.4 Å². The number of halogens is 1. The summed E-state index contributed by atoms with van der Waals surface area (Å²) in [6.45, 7) is 3.97. The van der Waals surface area contributed by atoms with E-state index >= 15 is 0 Å². The number of nitrogens with zero attached hydrogens (tertiary/aromatic N) is 2. The predicted octanol–water partition coefficient (Wildman–Crippen LogP) is 2.77. The molecule has 1 aromatic rings. The van der Waals surface area contributed by atoms with Gasteiger partial charge in [-0.15, -0.1) is 0 Å². The van der Waals surface area contributed by atoms with E-state index in [0.29, 0.717) is 21.7 Å². The molecule has 1 heterocycles. The minimum absolute atomic E-state index is 0.227. The number of phenolic OH excluding ortho intramolecular Hbond substituents is 1. The van der Waals surface area contributed by atoms with Gasteiger partial charge in [0.25, 0.3) is 0 Å². The first-order valence-corrected chi connectivity index (χ1v) is 8.37. The van der Waals surface area contributed by atoms with E-state index in [1.165, 1.54) is 19.3 Å². The average molecular weight is 350 g/mol. The van der Waals surface area contributed by atoms with Crippen LogP contribution < -0.4 is 5.32 Å². The highest BCUT2D eigenvalue weighted by atomic mass is 79.9. The quantitative estimate of drug-likeness (QED) is 0.880. The molecule has 0 amide bonds. The van der Waals surface area contributed by atoms with Gasteiger partial charge in [0.15, 0.2) is 0 Å². The highest BCUT2D eigenvalue weighted by molar-refractivity contribution is 9.10. The fourth-order valence-electron chi connectivity index (χ4n) is 3.37. The molecule has 112 valence electrons. The molecule has 0 unspecified atom stereocenters. The topological polar surface area (TPSA) is 59.3 Å². The standard InChI is InChI=1S/C16H20BrN3O/c17-14-9-11(10-18)8-13(16(14)21)15(12-2-1-3-12)20-6-4-19-5-7-20/h8-9,12,15,19,21H,1-7H2/t15-/m1/s1. The molecule has 21 heavy (non-hydrogen) atoms. The van der Waals surface area contributed by atoms with Gasteiger partial charge in [0.1, 0.15) is 5.75 Å². The van der Waals surface area contributed by atoms with Gasteiger partial charge >= 0.3 is 0 Å². The third-order valence-corrected chi connectivity index (χ3v) is 5.29. The molecule has 0 bridgehead atoms. The summed E-state index contributed by atoms with van der Waals surface area (Å²) in [6.07, 6.45) is 3.69. The Morgan fingerprint density at radius 2 is 2.05 bits per heavy atom. The van der Waals surface area contributed by atoms with Crippen molar-refractivity contribution in [2.45, 2.75) is 25.3 Å². The molecule has 1 aliphatic carbocycles. The van der Waals surface area contributed by atoms with E-state index in [4.69, 9.17) is 0 Å². The van der Waals surface area contributed by atoms with Crippen molar-refractivity contribution in [1.82, 2.24) is 10.2 Å². The molecule has 2 fully saturated rings. The Bertz CT molecular complexity index is 559. The molecular formula is C16H20BrN3O. The number of phenols is 1. The van der Waals surface area contributed by atoms with Crippen molar-refractivity contribution >= 4 is 15.9 Å². The fraction of sp³-hybridized carbons (Fsp3) is 0.562. The molecule has 2 N–H and O–H groups in total. The van der Waals surface area contributed by atoms with E-state index in [1.54, 1.807) is 6.07 Å². The summed E-state index contributed by atoms with van der Waals surface area (Å²) < 4.78 is 0.621. The van der Waals surface area contributed by atoms with Crippen LogP contribution in [0.1, 0.15) is 36.4 Å². The lowest BCUT2D eigenvalue weighted by molar-refractivity contribution is 0.0818. The number of piperazine rings is 1. The Labute approximate surface area is 133 Å². The Morgan fingerprint density at radius 3 is 2.62 bits per heavy atom. The average Bonchev–Trinajstić information content (AvgIpc) is 2.46. The van der Waals surface area contributed by atoms with E-state index < -0.39 is 0 Å². The Balaban J connectivity index is 1.99. The molecule has 3 rings (SSSR count). The number of aromatic hydroxyl groups is 1. The fourth-order valence-corrected chi connectivity index (χ4v) is 3.85. The van der Waals surface area contributed by atoms with Gasteiger partial charge in [-0.2, -0.15) is 5.26 Å². The number of benzene rings is 1. The first kappa shape index (κ1) is 14.8. The molecule has 5 heteroatoms. The van der Waals surface area contributed by atoms with Crippen LogP contribution in [0.4, 0.5) is 0 Å². The van der Waals surface area contributed by atoms with Gasteiger partial charge in [0.2, 0.25) is 0 Å². The second-order valence-corrected chi connectivity index (χ2v) is 6.78. The number of nitrogens with one attached hydrogen (secondary N) is 1. The minimum Gasteiger partial charge on any atom is -0.506 e. The molecule has 1 saturated carbocycles. The van der Waals surface area contributed by atoms with Crippen molar-refractivity contribution in [3.8, 4) is 11.8 Å². The van der Waals surface area contributed by atoms with Crippen molar-refractivity contribution in [3.05, 3.63) is 27.7 Å². The molecule has 1 aromatic carbocycles. The summed E-state index contributed by atoms with van der Waals surface area (Å²) in [7, 11) is 0. The van der Waals surface area contributed by atoms with Gasteiger partial charge in [-0.1, -0.05) is 6.42 Å². The molecule has 0 radical (unpaired) electrons. The van der Waals surface area contributed by atoms with Crippen molar-refractivity contribution in [2.75, 3.05) is 26.2 Å². The maximum absolute atomic E-state index is 10.5. The van der Waals surface area contributed by atoms with Crippen molar-refractivity contribution in [1.29, 1.82) is 5.26 Å². The molecule has 0 aromatic heterocycles. The molecule has 1 aliphatic heterocycles. The number of nitriles is 1. The van der Waals surface area contributed by atoms with Gasteiger partial charge in [-0.25, -0.2) is 0 Å². The van der Waals surface area contributed by atoms with Crippen LogP contribution in [-0.4, -0.2) is 36.2 Å². The molecule has 4 nitrogen and oxygen atoms in total. The smallest absolute Gasteiger partial charge is 0.134 e. The van der Waals surface area contributed by atoms with Crippen molar-refractivity contribution in [3.63, 3.8) is 0 Å². The van der Waals surface area contributed by atoms with Crippen molar-refractivity contribution < 1.29 is 5.11 Å². The van der Waals surface area contributed by atoms with Crippen LogP contribution in [0.5, 0.6) is 5.75 Å². The van der Waals surface area contributed by atoms with E-state index in [0.717, 1.165) is 31.7 Å². The van der Waals surface area contributed by atoms with Crippen molar-refractivity contribution in [2.24, 2.45) is 5.92 Å². The van der Waals surface area contributed by atoms with Crippen LogP contribution >= 0.6 is 15.9 Å². The molecule has 2 aliphatic rings. The van der Waals surface area contributed by atoms with E-state index in [1.807, 2.05) is 6.07 Å². The molecule has 1 atom stereocenters. The zero-order valence-electron chi connectivity index (χ0n) is 12.0. The molecule has 0 spiro atoms. The largest absolute Gasteiger partial charge is 0.506 e. The predicted molar refractivity (Wildman–Crippen MR) is 85.0 cm³/mol. The first-order chi connectivity index (χ1) is 10.2. The first-order valence-electron chi connectivity index (χ1n) is 7.58. The lowest BCUT2D eigenvalue weighted by Gasteiger charge is -2.43. The van der Waals surface area contributed by atoms with E-state index in [2.05, 4.69) is 32.2 Å². The Hall–Kier alpha value is -1.09. The normalized spacial score (nSPS) is 21.5. The van der Waals surface area contributed by atoms with Gasteiger partial charge in [0, 0.05) is 37.8 Å². The highest BCUT2D eigenvalue weighted by Gasteiger charge is 2.35. The summed E-state index contributed by atoms with van der Waals surface area (Å²) >= 11 is 3.39. The van der Waals surface area contributed by atoms with Crippen LogP contribution in [0.15, 0.2) is 16.6 Å². The van der Waals surface area contributed by atoms with Crippen LogP contribution in [0.2, 0.25) is 0 Å². The Morgan fingerprint density at radius 1 is 1.33 bits per heavy atom. The summed E-state index contributed by atoms with van der Waals surface area (Å²) in [6, 6.07) is 5.98. The van der Waals surface area contributed by atoms with Gasteiger partial charge in [-0.05, 0) is 46.8 Å². The molecule has 1 saturated heterocycles. The highest BCUT2D eigenvalue weighted by Crippen LogP contribution is 2.46. The number of hydrogen-bond donors (Lipinski definition) is 2. The second kappa shape index (κ2) is 6.35. The third kappa shape index (κ3) is 2.94. The second-order valence-electron chi connectivity index (χ2n) is 5.93. The Kier molecular flexibility index (Phi) is 4.48. The summed E-state index contributed by atoms with van der Waals surface area (Å²) in [4.78, 5) is 2.46. The number of hydrogen-bond acceptors (Lipinski definition) is 4. The number of rotatable bonds is 3. The summed E-state index contributed by atoms with van der Waals surface area (Å²) in [5, 5.41) is 23.1. The van der Waals surface area contributed by atoms with Gasteiger partial charge in [0.05, 0.1) is 16.1 Å².